The highest BCUT2D eigenvalue weighted by molar-refractivity contribution is 5.66. The van der Waals surface area contributed by atoms with Crippen molar-refractivity contribution in [3.63, 3.8) is 0 Å². The molecular formula is C23H20N6O2. The number of benzene rings is 2. The van der Waals surface area contributed by atoms with Gasteiger partial charge in [-0.3, -0.25) is 4.79 Å². The second kappa shape index (κ2) is 7.91. The molecule has 0 bridgehead atoms. The third kappa shape index (κ3) is 3.83. The van der Waals surface area contributed by atoms with E-state index in [1.807, 2.05) is 60.8 Å². The summed E-state index contributed by atoms with van der Waals surface area (Å²) in [6, 6.07) is 19.4. The van der Waals surface area contributed by atoms with E-state index in [4.69, 9.17) is 4.74 Å². The Balaban J connectivity index is 1.41. The van der Waals surface area contributed by atoms with Crippen LogP contribution in [0.15, 0.2) is 84.0 Å². The van der Waals surface area contributed by atoms with Crippen molar-refractivity contribution in [2.45, 2.75) is 13.1 Å². The summed E-state index contributed by atoms with van der Waals surface area (Å²) >= 11 is 0. The lowest BCUT2D eigenvalue weighted by molar-refractivity contribution is 0.415. The lowest BCUT2D eigenvalue weighted by Gasteiger charge is -2.03. The zero-order chi connectivity index (χ0) is 21.2. The topological polar surface area (TPSA) is 79.2 Å². The van der Waals surface area contributed by atoms with Crippen molar-refractivity contribution < 1.29 is 4.74 Å². The predicted molar refractivity (Wildman–Crippen MR) is 116 cm³/mol. The molecule has 3 heterocycles. The van der Waals surface area contributed by atoms with Crippen LogP contribution in [-0.2, 0) is 13.1 Å². The van der Waals surface area contributed by atoms with Crippen molar-refractivity contribution >= 4 is 5.52 Å². The van der Waals surface area contributed by atoms with Crippen molar-refractivity contribution in [2.75, 3.05) is 7.11 Å². The summed E-state index contributed by atoms with van der Waals surface area (Å²) in [6.07, 6.45) is 5.35. The van der Waals surface area contributed by atoms with E-state index < -0.39 is 0 Å². The molecule has 5 aromatic rings. The molecule has 0 aliphatic rings. The Kier molecular flexibility index (Phi) is 4.80. The first-order valence-corrected chi connectivity index (χ1v) is 9.86. The number of methoxy groups -OCH3 is 1. The highest BCUT2D eigenvalue weighted by Crippen LogP contribution is 2.23. The normalized spacial score (nSPS) is 11.1. The van der Waals surface area contributed by atoms with Crippen molar-refractivity contribution in [3.8, 4) is 17.0 Å². The molecule has 0 aliphatic carbocycles. The first-order chi connectivity index (χ1) is 15.2. The smallest absolute Gasteiger partial charge is 0.276 e. The van der Waals surface area contributed by atoms with Gasteiger partial charge in [0.1, 0.15) is 17.0 Å². The summed E-state index contributed by atoms with van der Waals surface area (Å²) in [5.74, 6) is 0.741. The van der Waals surface area contributed by atoms with E-state index in [1.54, 1.807) is 39.3 Å². The fourth-order valence-electron chi connectivity index (χ4n) is 3.51. The van der Waals surface area contributed by atoms with Crippen LogP contribution in [0, 0.1) is 0 Å². The third-order valence-corrected chi connectivity index (χ3v) is 5.07. The van der Waals surface area contributed by atoms with Crippen LogP contribution in [0.25, 0.3) is 16.8 Å². The van der Waals surface area contributed by atoms with E-state index in [9.17, 15) is 4.79 Å². The minimum atomic E-state index is -0.137. The Morgan fingerprint density at radius 2 is 1.84 bits per heavy atom. The molecule has 0 amide bonds. The van der Waals surface area contributed by atoms with Gasteiger partial charge in [0.2, 0.25) is 0 Å². The Labute approximate surface area is 178 Å². The lowest BCUT2D eigenvalue weighted by Crippen LogP contribution is -2.21. The Hall–Kier alpha value is -4.20. The molecule has 0 spiro atoms. The van der Waals surface area contributed by atoms with Crippen molar-refractivity contribution in [3.05, 3.63) is 101 Å². The van der Waals surface area contributed by atoms with Crippen molar-refractivity contribution in [2.24, 2.45) is 0 Å². The van der Waals surface area contributed by atoms with E-state index in [0.29, 0.717) is 24.3 Å². The van der Waals surface area contributed by atoms with Crippen LogP contribution in [-0.4, -0.2) is 36.3 Å². The van der Waals surface area contributed by atoms with E-state index in [2.05, 4.69) is 15.4 Å². The van der Waals surface area contributed by atoms with Crippen LogP contribution in [0.2, 0.25) is 0 Å². The molecule has 0 radical (unpaired) electrons. The molecule has 2 aromatic carbocycles. The van der Waals surface area contributed by atoms with E-state index in [0.717, 1.165) is 22.6 Å². The van der Waals surface area contributed by atoms with Gasteiger partial charge in [0.05, 0.1) is 32.1 Å². The Bertz CT molecular complexity index is 1400. The number of hydrogen-bond donors (Lipinski definition) is 0. The molecular weight excluding hydrogens is 392 g/mol. The monoisotopic (exact) mass is 412 g/mol. The van der Waals surface area contributed by atoms with Gasteiger partial charge in [-0.1, -0.05) is 47.7 Å². The third-order valence-electron chi connectivity index (χ3n) is 5.07. The molecule has 31 heavy (non-hydrogen) atoms. The van der Waals surface area contributed by atoms with E-state index in [1.165, 1.54) is 0 Å². The fraction of sp³-hybridized carbons (Fsp3) is 0.130. The maximum absolute atomic E-state index is 13.0. The van der Waals surface area contributed by atoms with Crippen LogP contribution in [0.1, 0.15) is 11.3 Å². The molecule has 0 aliphatic heterocycles. The van der Waals surface area contributed by atoms with Gasteiger partial charge in [0, 0.05) is 18.0 Å². The van der Waals surface area contributed by atoms with Crippen LogP contribution in [0.4, 0.5) is 0 Å². The average molecular weight is 412 g/mol. The summed E-state index contributed by atoms with van der Waals surface area (Å²) < 4.78 is 10.3. The minimum absolute atomic E-state index is 0.137. The number of nitrogens with zero attached hydrogens (tertiary/aromatic N) is 6. The van der Waals surface area contributed by atoms with Gasteiger partial charge in [-0.2, -0.15) is 5.10 Å². The van der Waals surface area contributed by atoms with Gasteiger partial charge >= 0.3 is 0 Å². The molecule has 3 aromatic heterocycles. The Morgan fingerprint density at radius 3 is 2.68 bits per heavy atom. The maximum Gasteiger partial charge on any atom is 0.276 e. The molecule has 8 nitrogen and oxygen atoms in total. The zero-order valence-corrected chi connectivity index (χ0v) is 16.9. The van der Waals surface area contributed by atoms with Gasteiger partial charge in [0.15, 0.2) is 0 Å². The maximum atomic E-state index is 13.0. The second-order valence-corrected chi connectivity index (χ2v) is 7.22. The van der Waals surface area contributed by atoms with Crippen LogP contribution in [0.3, 0.4) is 0 Å². The minimum Gasteiger partial charge on any atom is -0.497 e. The molecule has 0 fully saturated rings. The number of rotatable bonds is 6. The zero-order valence-electron chi connectivity index (χ0n) is 16.9. The molecule has 154 valence electrons. The number of aromatic nitrogens is 6. The predicted octanol–water partition coefficient (Wildman–Crippen LogP) is 2.86. The second-order valence-electron chi connectivity index (χ2n) is 7.22. The molecule has 0 saturated heterocycles. The Morgan fingerprint density at radius 1 is 0.968 bits per heavy atom. The van der Waals surface area contributed by atoms with Gasteiger partial charge in [-0.05, 0) is 23.8 Å². The van der Waals surface area contributed by atoms with Crippen LogP contribution < -0.4 is 10.3 Å². The lowest BCUT2D eigenvalue weighted by atomic mass is 10.1. The summed E-state index contributed by atoms with van der Waals surface area (Å²) in [5.41, 5.74) is 3.82. The summed E-state index contributed by atoms with van der Waals surface area (Å²) in [6.45, 7) is 0.970. The van der Waals surface area contributed by atoms with E-state index in [-0.39, 0.29) is 5.56 Å². The largest absolute Gasteiger partial charge is 0.497 e. The highest BCUT2D eigenvalue weighted by atomic mass is 16.5. The van der Waals surface area contributed by atoms with Crippen LogP contribution >= 0.6 is 0 Å². The number of hydrogen-bond acceptors (Lipinski definition) is 5. The fourth-order valence-corrected chi connectivity index (χ4v) is 3.51. The van der Waals surface area contributed by atoms with Gasteiger partial charge in [-0.25, -0.2) is 9.20 Å². The van der Waals surface area contributed by atoms with E-state index >= 15 is 0 Å². The first-order valence-electron chi connectivity index (χ1n) is 9.86. The SMILES string of the molecule is COc1cccc(-c2cc3c(=O)n(Cc4cn(Cc5ccccc5)nn4)ccn3n2)c1. The molecule has 0 N–H and O–H groups in total. The molecule has 8 heteroatoms. The summed E-state index contributed by atoms with van der Waals surface area (Å²) in [7, 11) is 1.62. The first kappa shape index (κ1) is 18.8. The summed E-state index contributed by atoms with van der Waals surface area (Å²) in [4.78, 5) is 13.0. The highest BCUT2D eigenvalue weighted by Gasteiger charge is 2.11. The standard InChI is InChI=1S/C23H20N6O2/c1-31-20-9-5-8-18(12-20)21-13-22-23(30)27(10-11-29(22)25-21)15-19-16-28(26-24-19)14-17-6-3-2-4-7-17/h2-13,16H,14-15H2,1H3. The van der Waals surface area contributed by atoms with Crippen LogP contribution in [0.5, 0.6) is 5.75 Å². The van der Waals surface area contributed by atoms with Gasteiger partial charge in [0.25, 0.3) is 5.56 Å². The average Bonchev–Trinajstić information content (AvgIpc) is 3.44. The van der Waals surface area contributed by atoms with Crippen molar-refractivity contribution in [1.82, 2.24) is 29.2 Å². The van der Waals surface area contributed by atoms with Gasteiger partial charge in [-0.15, -0.1) is 5.10 Å². The molecule has 0 atom stereocenters. The molecule has 5 rings (SSSR count). The van der Waals surface area contributed by atoms with Gasteiger partial charge < -0.3 is 9.30 Å². The quantitative estimate of drug-likeness (QED) is 0.429. The molecule has 0 unspecified atom stereocenters. The molecule has 0 saturated carbocycles. The summed E-state index contributed by atoms with van der Waals surface area (Å²) in [5, 5.41) is 12.9. The number of fused-ring (bicyclic) bond motifs is 1. The number of ether oxygens (including phenoxy) is 1. The van der Waals surface area contributed by atoms with Crippen molar-refractivity contribution in [1.29, 1.82) is 0 Å².